The van der Waals surface area contributed by atoms with Crippen molar-refractivity contribution in [1.29, 1.82) is 0 Å². The summed E-state index contributed by atoms with van der Waals surface area (Å²) in [4.78, 5) is 9.99. The Morgan fingerprint density at radius 1 is 1.41 bits per heavy atom. The molecule has 0 heterocycles. The van der Waals surface area contributed by atoms with E-state index < -0.39 is 39.1 Å². The van der Waals surface area contributed by atoms with E-state index in [-0.39, 0.29) is 0 Å². The van der Waals surface area contributed by atoms with Crippen LogP contribution in [0.3, 0.4) is 0 Å². The Morgan fingerprint density at radius 3 is 2.59 bits per heavy atom. The lowest BCUT2D eigenvalue weighted by molar-refractivity contribution is -0.139. The molecule has 0 saturated carbocycles. The number of rotatable bonds is 4. The molecule has 0 bridgehead atoms. The van der Waals surface area contributed by atoms with Crippen molar-refractivity contribution in [3.05, 3.63) is 29.8 Å². The maximum absolute atomic E-state index is 13.2. The standard InChI is InChI=1S/C9H9F2NO4S/c1-16-9(13)5-12-17(14,15)8-3-2-6(10)4-7(8)11/h2-4,12H,5H2,1H3. The van der Waals surface area contributed by atoms with Crippen LogP contribution in [0.1, 0.15) is 0 Å². The van der Waals surface area contributed by atoms with Crippen LogP contribution in [-0.4, -0.2) is 28.0 Å². The minimum Gasteiger partial charge on any atom is -0.468 e. The monoisotopic (exact) mass is 265 g/mol. The largest absolute Gasteiger partial charge is 0.468 e. The highest BCUT2D eigenvalue weighted by molar-refractivity contribution is 7.89. The summed E-state index contributed by atoms with van der Waals surface area (Å²) in [6.45, 7) is -0.629. The number of esters is 1. The number of halogens is 2. The van der Waals surface area contributed by atoms with Gasteiger partial charge in [-0.3, -0.25) is 4.79 Å². The predicted molar refractivity (Wildman–Crippen MR) is 53.6 cm³/mol. The summed E-state index contributed by atoms with van der Waals surface area (Å²) in [6.07, 6.45) is 0. The van der Waals surface area contributed by atoms with Crippen LogP contribution in [0.4, 0.5) is 8.78 Å². The van der Waals surface area contributed by atoms with E-state index in [9.17, 15) is 22.0 Å². The zero-order valence-electron chi connectivity index (χ0n) is 8.74. The topological polar surface area (TPSA) is 72.5 Å². The number of ether oxygens (including phenoxy) is 1. The number of benzene rings is 1. The molecular weight excluding hydrogens is 256 g/mol. The van der Waals surface area contributed by atoms with Crippen LogP contribution in [0.25, 0.3) is 0 Å². The molecule has 0 saturated heterocycles. The van der Waals surface area contributed by atoms with Gasteiger partial charge in [-0.1, -0.05) is 0 Å². The normalized spacial score (nSPS) is 11.2. The van der Waals surface area contributed by atoms with E-state index in [0.29, 0.717) is 6.07 Å². The Morgan fingerprint density at radius 2 is 2.06 bits per heavy atom. The predicted octanol–water partition coefficient (Wildman–Crippen LogP) is 0.416. The minimum atomic E-state index is -4.21. The number of sulfonamides is 1. The SMILES string of the molecule is COC(=O)CNS(=O)(=O)c1ccc(F)cc1F. The number of methoxy groups -OCH3 is 1. The van der Waals surface area contributed by atoms with Gasteiger partial charge in [-0.05, 0) is 12.1 Å². The summed E-state index contributed by atoms with van der Waals surface area (Å²) in [7, 11) is -3.13. The molecule has 0 aliphatic heterocycles. The van der Waals surface area contributed by atoms with E-state index >= 15 is 0 Å². The Balaban J connectivity index is 2.94. The van der Waals surface area contributed by atoms with Crippen LogP contribution in [0, 0.1) is 11.6 Å². The highest BCUT2D eigenvalue weighted by Gasteiger charge is 2.20. The lowest BCUT2D eigenvalue weighted by Crippen LogP contribution is -2.30. The van der Waals surface area contributed by atoms with Crippen LogP contribution in [0.15, 0.2) is 23.1 Å². The molecule has 94 valence electrons. The van der Waals surface area contributed by atoms with Crippen molar-refractivity contribution in [2.75, 3.05) is 13.7 Å². The van der Waals surface area contributed by atoms with Gasteiger partial charge in [0.05, 0.1) is 7.11 Å². The molecular formula is C9H9F2NO4S. The van der Waals surface area contributed by atoms with Crippen LogP contribution in [0.5, 0.6) is 0 Å². The third-order valence-electron chi connectivity index (χ3n) is 1.82. The molecule has 0 amide bonds. The van der Waals surface area contributed by atoms with Gasteiger partial charge in [0.1, 0.15) is 23.1 Å². The number of hydrogen-bond donors (Lipinski definition) is 1. The second kappa shape index (κ2) is 5.19. The van der Waals surface area contributed by atoms with E-state index in [1.807, 2.05) is 4.72 Å². The molecule has 5 nitrogen and oxygen atoms in total. The summed E-state index contributed by atoms with van der Waals surface area (Å²) in [6, 6.07) is 2.01. The first-order chi connectivity index (χ1) is 7.86. The molecule has 0 aromatic heterocycles. The number of carbonyl (C=O) groups is 1. The van der Waals surface area contributed by atoms with Gasteiger partial charge in [0, 0.05) is 6.07 Å². The Hall–Kier alpha value is -1.54. The zero-order valence-corrected chi connectivity index (χ0v) is 9.55. The second-order valence-corrected chi connectivity index (χ2v) is 4.71. The lowest BCUT2D eigenvalue weighted by Gasteiger charge is -2.06. The van der Waals surface area contributed by atoms with Crippen molar-refractivity contribution < 1.29 is 26.7 Å². The number of nitrogens with one attached hydrogen (secondary N) is 1. The summed E-state index contributed by atoms with van der Waals surface area (Å²) >= 11 is 0. The van der Waals surface area contributed by atoms with Gasteiger partial charge in [0.25, 0.3) is 0 Å². The fourth-order valence-corrected chi connectivity index (χ4v) is 2.02. The zero-order chi connectivity index (χ0) is 13.1. The summed E-state index contributed by atoms with van der Waals surface area (Å²) < 4.78 is 54.8. The van der Waals surface area contributed by atoms with Crippen molar-refractivity contribution in [1.82, 2.24) is 4.72 Å². The first-order valence-electron chi connectivity index (χ1n) is 4.38. The smallest absolute Gasteiger partial charge is 0.320 e. The van der Waals surface area contributed by atoms with Crippen molar-refractivity contribution >= 4 is 16.0 Å². The van der Waals surface area contributed by atoms with Crippen molar-refractivity contribution in [2.45, 2.75) is 4.90 Å². The van der Waals surface area contributed by atoms with E-state index in [2.05, 4.69) is 4.74 Å². The number of hydrogen-bond acceptors (Lipinski definition) is 4. The highest BCUT2D eigenvalue weighted by Crippen LogP contribution is 2.14. The Bertz CT molecular complexity index is 530. The third kappa shape index (κ3) is 3.46. The molecule has 0 fully saturated rings. The molecule has 0 radical (unpaired) electrons. The number of carbonyl (C=O) groups excluding carboxylic acids is 1. The average Bonchev–Trinajstić information content (AvgIpc) is 2.25. The first-order valence-corrected chi connectivity index (χ1v) is 5.86. The molecule has 0 atom stereocenters. The summed E-state index contributed by atoms with van der Waals surface area (Å²) in [5, 5.41) is 0. The quantitative estimate of drug-likeness (QED) is 0.801. The second-order valence-electron chi connectivity index (χ2n) is 2.98. The van der Waals surface area contributed by atoms with Crippen molar-refractivity contribution in [3.63, 3.8) is 0 Å². The van der Waals surface area contributed by atoms with Gasteiger partial charge >= 0.3 is 5.97 Å². The van der Waals surface area contributed by atoms with Crippen molar-refractivity contribution in [2.24, 2.45) is 0 Å². The molecule has 1 aromatic carbocycles. The van der Waals surface area contributed by atoms with Gasteiger partial charge < -0.3 is 4.74 Å². The van der Waals surface area contributed by atoms with E-state index in [4.69, 9.17) is 0 Å². The summed E-state index contributed by atoms with van der Waals surface area (Å²) in [5.41, 5.74) is 0. The van der Waals surface area contributed by atoms with Gasteiger partial charge in [-0.25, -0.2) is 17.2 Å². The summed E-state index contributed by atoms with van der Waals surface area (Å²) in [5.74, 6) is -2.95. The molecule has 1 aromatic rings. The third-order valence-corrected chi connectivity index (χ3v) is 3.25. The van der Waals surface area contributed by atoms with Crippen LogP contribution >= 0.6 is 0 Å². The molecule has 0 spiro atoms. The van der Waals surface area contributed by atoms with E-state index in [1.165, 1.54) is 0 Å². The minimum absolute atomic E-state index is 0.437. The Kier molecular flexibility index (Phi) is 4.13. The molecule has 17 heavy (non-hydrogen) atoms. The lowest BCUT2D eigenvalue weighted by atomic mass is 10.3. The molecule has 0 aliphatic rings. The van der Waals surface area contributed by atoms with E-state index in [1.54, 1.807) is 0 Å². The molecule has 1 rings (SSSR count). The van der Waals surface area contributed by atoms with Gasteiger partial charge in [-0.2, -0.15) is 4.72 Å². The fourth-order valence-electron chi connectivity index (χ4n) is 0.997. The molecule has 8 heteroatoms. The Labute approximate surface area is 96.4 Å². The first kappa shape index (κ1) is 13.5. The van der Waals surface area contributed by atoms with Crippen LogP contribution in [0.2, 0.25) is 0 Å². The van der Waals surface area contributed by atoms with Gasteiger partial charge in [0.2, 0.25) is 10.0 Å². The van der Waals surface area contributed by atoms with Crippen LogP contribution < -0.4 is 4.72 Å². The van der Waals surface area contributed by atoms with Gasteiger partial charge in [-0.15, -0.1) is 0 Å². The van der Waals surface area contributed by atoms with Crippen LogP contribution in [-0.2, 0) is 19.6 Å². The van der Waals surface area contributed by atoms with Gasteiger partial charge in [0.15, 0.2) is 0 Å². The molecule has 1 N–H and O–H groups in total. The molecule has 0 aliphatic carbocycles. The highest BCUT2D eigenvalue weighted by atomic mass is 32.2. The average molecular weight is 265 g/mol. The van der Waals surface area contributed by atoms with Crippen molar-refractivity contribution in [3.8, 4) is 0 Å². The molecule has 0 unspecified atom stereocenters. The maximum atomic E-state index is 13.2. The maximum Gasteiger partial charge on any atom is 0.320 e. The van der Waals surface area contributed by atoms with E-state index in [0.717, 1.165) is 19.2 Å². The fraction of sp³-hybridized carbons (Fsp3) is 0.222.